The SMILES string of the molecule is CC(C)N(C(=O)OC(C)(C)C)C(C(=O)O)c1ccc(F)cc1Cl. The average Bonchev–Trinajstić information content (AvgIpc) is 2.33. The first-order chi connectivity index (χ1) is 10.4. The van der Waals surface area contributed by atoms with E-state index in [2.05, 4.69) is 0 Å². The maximum Gasteiger partial charge on any atom is 0.411 e. The standard InChI is InChI=1S/C16H21ClFNO4/c1-9(2)19(15(22)23-16(3,4)5)13(14(20)21)11-7-6-10(18)8-12(11)17/h6-9,13H,1-5H3,(H,20,21). The van der Waals surface area contributed by atoms with E-state index < -0.39 is 35.6 Å². The minimum atomic E-state index is -1.38. The van der Waals surface area contributed by atoms with Crippen molar-refractivity contribution in [3.05, 3.63) is 34.6 Å². The minimum absolute atomic E-state index is 0.0633. The number of carbonyl (C=O) groups excluding carboxylic acids is 1. The van der Waals surface area contributed by atoms with E-state index in [1.54, 1.807) is 34.6 Å². The van der Waals surface area contributed by atoms with Crippen LogP contribution in [0.15, 0.2) is 18.2 Å². The van der Waals surface area contributed by atoms with Crippen molar-refractivity contribution in [2.24, 2.45) is 0 Å². The first-order valence-electron chi connectivity index (χ1n) is 7.13. The highest BCUT2D eigenvalue weighted by Crippen LogP contribution is 2.31. The molecule has 7 heteroatoms. The summed E-state index contributed by atoms with van der Waals surface area (Å²) >= 11 is 5.97. The molecule has 0 aromatic heterocycles. The summed E-state index contributed by atoms with van der Waals surface area (Å²) in [6.45, 7) is 8.38. The van der Waals surface area contributed by atoms with Crippen molar-refractivity contribution >= 4 is 23.7 Å². The number of halogens is 2. The monoisotopic (exact) mass is 345 g/mol. The number of carboxylic acid groups (broad SMARTS) is 1. The minimum Gasteiger partial charge on any atom is -0.479 e. The molecule has 1 rings (SSSR count). The van der Waals surface area contributed by atoms with Crippen molar-refractivity contribution in [2.45, 2.75) is 52.3 Å². The Kier molecular flexibility index (Phi) is 5.99. The number of carboxylic acids is 1. The molecule has 23 heavy (non-hydrogen) atoms. The Hall–Kier alpha value is -1.82. The van der Waals surface area contributed by atoms with Crippen molar-refractivity contribution in [1.82, 2.24) is 4.90 Å². The smallest absolute Gasteiger partial charge is 0.411 e. The van der Waals surface area contributed by atoms with Crippen LogP contribution in [0, 0.1) is 5.82 Å². The highest BCUT2D eigenvalue weighted by molar-refractivity contribution is 6.31. The normalized spacial score (nSPS) is 12.9. The highest BCUT2D eigenvalue weighted by Gasteiger charge is 2.37. The van der Waals surface area contributed by atoms with Gasteiger partial charge in [0.25, 0.3) is 0 Å². The molecule has 1 amide bonds. The molecular weight excluding hydrogens is 325 g/mol. The second kappa shape index (κ2) is 7.17. The number of carbonyl (C=O) groups is 2. The molecule has 0 saturated carbocycles. The molecular formula is C16H21ClFNO4. The average molecular weight is 346 g/mol. The van der Waals surface area contributed by atoms with E-state index in [1.807, 2.05) is 0 Å². The van der Waals surface area contributed by atoms with Crippen LogP contribution in [0.25, 0.3) is 0 Å². The molecule has 0 aliphatic carbocycles. The molecule has 0 bridgehead atoms. The third kappa shape index (κ3) is 5.10. The number of benzene rings is 1. The fourth-order valence-electron chi connectivity index (χ4n) is 2.05. The molecule has 1 N–H and O–H groups in total. The molecule has 1 aromatic rings. The van der Waals surface area contributed by atoms with Crippen LogP contribution >= 0.6 is 11.6 Å². The van der Waals surface area contributed by atoms with E-state index in [0.29, 0.717) is 0 Å². The summed E-state index contributed by atoms with van der Waals surface area (Å²) in [5.74, 6) is -1.87. The fourth-order valence-corrected chi connectivity index (χ4v) is 2.32. The first-order valence-corrected chi connectivity index (χ1v) is 7.51. The van der Waals surface area contributed by atoms with Crippen LogP contribution in [0.4, 0.5) is 9.18 Å². The van der Waals surface area contributed by atoms with E-state index in [1.165, 1.54) is 6.07 Å². The van der Waals surface area contributed by atoms with Gasteiger partial charge in [-0.3, -0.25) is 4.90 Å². The lowest BCUT2D eigenvalue weighted by Gasteiger charge is -2.34. The van der Waals surface area contributed by atoms with Gasteiger partial charge in [-0.15, -0.1) is 0 Å². The zero-order valence-corrected chi connectivity index (χ0v) is 14.5. The summed E-state index contributed by atoms with van der Waals surface area (Å²) in [4.78, 5) is 25.2. The molecule has 0 aliphatic rings. The first kappa shape index (κ1) is 19.2. The van der Waals surface area contributed by atoms with Gasteiger partial charge >= 0.3 is 12.1 Å². The fraction of sp³-hybridized carbons (Fsp3) is 0.500. The number of hydrogen-bond donors (Lipinski definition) is 1. The Morgan fingerprint density at radius 3 is 2.26 bits per heavy atom. The van der Waals surface area contributed by atoms with Gasteiger partial charge in [-0.1, -0.05) is 17.7 Å². The van der Waals surface area contributed by atoms with Gasteiger partial charge in [-0.25, -0.2) is 14.0 Å². The van der Waals surface area contributed by atoms with Crippen LogP contribution in [-0.2, 0) is 9.53 Å². The number of ether oxygens (including phenoxy) is 1. The Balaban J connectivity index is 3.33. The molecule has 0 radical (unpaired) electrons. The lowest BCUT2D eigenvalue weighted by molar-refractivity contribution is -0.144. The number of amides is 1. The number of aliphatic carboxylic acids is 1. The third-order valence-electron chi connectivity index (χ3n) is 2.93. The topological polar surface area (TPSA) is 66.8 Å². The Labute approximate surface area is 140 Å². The maximum atomic E-state index is 13.2. The van der Waals surface area contributed by atoms with E-state index in [0.717, 1.165) is 17.0 Å². The van der Waals surface area contributed by atoms with Crippen LogP contribution in [0.2, 0.25) is 5.02 Å². The van der Waals surface area contributed by atoms with Crippen molar-refractivity contribution in [3.8, 4) is 0 Å². The van der Waals surface area contributed by atoms with Crippen LogP contribution in [0.5, 0.6) is 0 Å². The summed E-state index contributed by atoms with van der Waals surface area (Å²) in [6, 6.07) is 1.53. The summed E-state index contributed by atoms with van der Waals surface area (Å²) in [5.41, 5.74) is -0.653. The number of nitrogens with zero attached hydrogens (tertiary/aromatic N) is 1. The van der Waals surface area contributed by atoms with Gasteiger partial charge in [0, 0.05) is 16.6 Å². The van der Waals surface area contributed by atoms with Crippen LogP contribution in [0.3, 0.4) is 0 Å². The predicted molar refractivity (Wildman–Crippen MR) is 85.0 cm³/mol. The zero-order valence-electron chi connectivity index (χ0n) is 13.8. The second-order valence-corrected chi connectivity index (χ2v) is 6.80. The third-order valence-corrected chi connectivity index (χ3v) is 3.26. The molecule has 128 valence electrons. The van der Waals surface area contributed by atoms with Crippen molar-refractivity contribution in [3.63, 3.8) is 0 Å². The largest absolute Gasteiger partial charge is 0.479 e. The van der Waals surface area contributed by atoms with E-state index in [-0.39, 0.29) is 10.6 Å². The van der Waals surface area contributed by atoms with E-state index in [9.17, 15) is 19.1 Å². The lowest BCUT2D eigenvalue weighted by atomic mass is 10.0. The Morgan fingerprint density at radius 2 is 1.87 bits per heavy atom. The van der Waals surface area contributed by atoms with Gasteiger partial charge in [0.05, 0.1) is 0 Å². The second-order valence-electron chi connectivity index (χ2n) is 6.39. The van der Waals surface area contributed by atoms with Crippen LogP contribution in [-0.4, -0.2) is 33.7 Å². The highest BCUT2D eigenvalue weighted by atomic mass is 35.5. The van der Waals surface area contributed by atoms with Crippen LogP contribution in [0.1, 0.15) is 46.2 Å². The van der Waals surface area contributed by atoms with Gasteiger partial charge in [0.15, 0.2) is 6.04 Å². The molecule has 0 saturated heterocycles. The molecule has 0 heterocycles. The van der Waals surface area contributed by atoms with Crippen molar-refractivity contribution in [1.29, 1.82) is 0 Å². The molecule has 1 atom stereocenters. The van der Waals surface area contributed by atoms with Crippen molar-refractivity contribution in [2.75, 3.05) is 0 Å². The molecule has 1 aromatic carbocycles. The Morgan fingerprint density at radius 1 is 1.30 bits per heavy atom. The Bertz CT molecular complexity index is 598. The molecule has 5 nitrogen and oxygen atoms in total. The van der Waals surface area contributed by atoms with Gasteiger partial charge in [0.2, 0.25) is 0 Å². The predicted octanol–water partition coefficient (Wildman–Crippen LogP) is 4.25. The van der Waals surface area contributed by atoms with Gasteiger partial charge < -0.3 is 9.84 Å². The summed E-state index contributed by atoms with van der Waals surface area (Å²) in [5, 5.41) is 9.52. The van der Waals surface area contributed by atoms with E-state index in [4.69, 9.17) is 16.3 Å². The maximum absolute atomic E-state index is 13.2. The van der Waals surface area contributed by atoms with Crippen LogP contribution < -0.4 is 0 Å². The van der Waals surface area contributed by atoms with Crippen molar-refractivity contribution < 1.29 is 23.8 Å². The molecule has 1 unspecified atom stereocenters. The quantitative estimate of drug-likeness (QED) is 0.885. The summed E-state index contributed by atoms with van der Waals surface area (Å²) < 4.78 is 18.5. The summed E-state index contributed by atoms with van der Waals surface area (Å²) in [6.07, 6.45) is -0.778. The number of rotatable bonds is 4. The number of hydrogen-bond acceptors (Lipinski definition) is 3. The van der Waals surface area contributed by atoms with E-state index >= 15 is 0 Å². The summed E-state index contributed by atoms with van der Waals surface area (Å²) in [7, 11) is 0. The molecule has 0 fully saturated rings. The van der Waals surface area contributed by atoms with Gasteiger partial charge in [-0.05, 0) is 46.8 Å². The van der Waals surface area contributed by atoms with Gasteiger partial charge in [0.1, 0.15) is 11.4 Å². The lowest BCUT2D eigenvalue weighted by Crippen LogP contribution is -2.46. The zero-order chi connectivity index (χ0) is 17.9. The molecule has 0 aliphatic heterocycles. The van der Waals surface area contributed by atoms with Gasteiger partial charge in [-0.2, -0.15) is 0 Å². The molecule has 0 spiro atoms.